The van der Waals surface area contributed by atoms with E-state index in [2.05, 4.69) is 23.5 Å². The topological polar surface area (TPSA) is 29.1 Å². The smallest absolute Gasteiger partial charge is 0.251 e. The Morgan fingerprint density at radius 3 is 1.91 bits per heavy atom. The van der Waals surface area contributed by atoms with Crippen LogP contribution >= 0.6 is 0 Å². The minimum absolute atomic E-state index is 0.0709. The molecule has 1 amide bonds. The molecule has 0 unspecified atom stereocenters. The Labute approximate surface area is 130 Å². The fourth-order valence-electron chi connectivity index (χ4n) is 2.54. The second-order valence-electron chi connectivity index (χ2n) is 5.07. The zero-order valence-electron chi connectivity index (χ0n) is 12.4. The van der Waals surface area contributed by atoms with Crippen molar-refractivity contribution < 1.29 is 4.79 Å². The van der Waals surface area contributed by atoms with Crippen molar-refractivity contribution in [2.75, 3.05) is 7.05 Å². The van der Waals surface area contributed by atoms with Crippen LogP contribution < -0.4 is 5.32 Å². The Morgan fingerprint density at radius 1 is 0.727 bits per heavy atom. The third kappa shape index (κ3) is 2.77. The van der Waals surface area contributed by atoms with Gasteiger partial charge < -0.3 is 5.32 Å². The van der Waals surface area contributed by atoms with Gasteiger partial charge in [-0.2, -0.15) is 0 Å². The SMILES string of the molecule is CNC(=O)c1ccc(-c2ccccc2)cc1-c1ccccc1. The lowest BCUT2D eigenvalue weighted by Gasteiger charge is -2.11. The first-order chi connectivity index (χ1) is 10.8. The summed E-state index contributed by atoms with van der Waals surface area (Å²) in [5.41, 5.74) is 4.92. The molecule has 0 aliphatic rings. The second-order valence-corrected chi connectivity index (χ2v) is 5.07. The molecule has 0 spiro atoms. The summed E-state index contributed by atoms with van der Waals surface area (Å²) < 4.78 is 0. The van der Waals surface area contributed by atoms with Gasteiger partial charge in [-0.25, -0.2) is 0 Å². The van der Waals surface area contributed by atoms with Gasteiger partial charge in [0.1, 0.15) is 0 Å². The molecule has 3 rings (SSSR count). The van der Waals surface area contributed by atoms with Crippen LogP contribution in [0.4, 0.5) is 0 Å². The monoisotopic (exact) mass is 287 g/mol. The van der Waals surface area contributed by atoms with Gasteiger partial charge in [0, 0.05) is 12.6 Å². The van der Waals surface area contributed by atoms with Gasteiger partial charge in [-0.3, -0.25) is 4.79 Å². The Balaban J connectivity index is 2.17. The number of benzene rings is 3. The van der Waals surface area contributed by atoms with Crippen LogP contribution in [0.15, 0.2) is 78.9 Å². The largest absolute Gasteiger partial charge is 0.355 e. The number of amides is 1. The van der Waals surface area contributed by atoms with Crippen molar-refractivity contribution in [3.8, 4) is 22.3 Å². The van der Waals surface area contributed by atoms with E-state index in [0.29, 0.717) is 5.56 Å². The zero-order chi connectivity index (χ0) is 15.4. The van der Waals surface area contributed by atoms with E-state index in [4.69, 9.17) is 0 Å². The van der Waals surface area contributed by atoms with Gasteiger partial charge in [0.05, 0.1) is 0 Å². The molecule has 3 aromatic rings. The maximum atomic E-state index is 12.1. The van der Waals surface area contributed by atoms with Gasteiger partial charge in [-0.15, -0.1) is 0 Å². The van der Waals surface area contributed by atoms with Crippen molar-refractivity contribution in [1.82, 2.24) is 5.32 Å². The van der Waals surface area contributed by atoms with Crippen LogP contribution in [-0.4, -0.2) is 13.0 Å². The molecule has 0 atom stereocenters. The molecular weight excluding hydrogens is 270 g/mol. The van der Waals surface area contributed by atoms with Gasteiger partial charge in [-0.05, 0) is 34.4 Å². The molecule has 0 bridgehead atoms. The second kappa shape index (κ2) is 6.27. The van der Waals surface area contributed by atoms with Crippen LogP contribution in [0.5, 0.6) is 0 Å². The van der Waals surface area contributed by atoms with Crippen molar-refractivity contribution in [2.24, 2.45) is 0 Å². The molecule has 2 nitrogen and oxygen atoms in total. The van der Waals surface area contributed by atoms with Crippen LogP contribution in [-0.2, 0) is 0 Å². The first-order valence-electron chi connectivity index (χ1n) is 7.26. The van der Waals surface area contributed by atoms with E-state index in [9.17, 15) is 4.79 Å². The Kier molecular flexibility index (Phi) is 4.01. The minimum atomic E-state index is -0.0709. The number of carbonyl (C=O) groups excluding carboxylic acids is 1. The zero-order valence-corrected chi connectivity index (χ0v) is 12.4. The van der Waals surface area contributed by atoms with Gasteiger partial charge in [0.2, 0.25) is 0 Å². The summed E-state index contributed by atoms with van der Waals surface area (Å²) in [5, 5.41) is 2.71. The van der Waals surface area contributed by atoms with E-state index in [1.165, 1.54) is 0 Å². The molecule has 1 N–H and O–H groups in total. The van der Waals surface area contributed by atoms with E-state index in [-0.39, 0.29) is 5.91 Å². The normalized spacial score (nSPS) is 10.2. The molecule has 0 aliphatic carbocycles. The molecule has 0 aromatic heterocycles. The summed E-state index contributed by atoms with van der Waals surface area (Å²) in [4.78, 5) is 12.1. The molecule has 2 heteroatoms. The van der Waals surface area contributed by atoms with Gasteiger partial charge >= 0.3 is 0 Å². The number of hydrogen-bond donors (Lipinski definition) is 1. The highest BCUT2D eigenvalue weighted by Crippen LogP contribution is 2.29. The maximum absolute atomic E-state index is 12.1. The summed E-state index contributed by atoms with van der Waals surface area (Å²) in [6, 6.07) is 26.1. The molecular formula is C20H17NO. The van der Waals surface area contributed by atoms with Crippen LogP contribution in [0.25, 0.3) is 22.3 Å². The predicted octanol–water partition coefficient (Wildman–Crippen LogP) is 4.38. The van der Waals surface area contributed by atoms with E-state index in [1.807, 2.05) is 60.7 Å². The maximum Gasteiger partial charge on any atom is 0.251 e. The number of hydrogen-bond acceptors (Lipinski definition) is 1. The van der Waals surface area contributed by atoms with Crippen molar-refractivity contribution in [2.45, 2.75) is 0 Å². The molecule has 108 valence electrons. The Morgan fingerprint density at radius 2 is 1.32 bits per heavy atom. The van der Waals surface area contributed by atoms with Crippen LogP contribution in [0.2, 0.25) is 0 Å². The summed E-state index contributed by atoms with van der Waals surface area (Å²) in [5.74, 6) is -0.0709. The fourth-order valence-corrected chi connectivity index (χ4v) is 2.54. The fraction of sp³-hybridized carbons (Fsp3) is 0.0500. The molecule has 0 radical (unpaired) electrons. The van der Waals surface area contributed by atoms with Gasteiger partial charge in [0.25, 0.3) is 5.91 Å². The first-order valence-corrected chi connectivity index (χ1v) is 7.26. The van der Waals surface area contributed by atoms with E-state index in [0.717, 1.165) is 22.3 Å². The average molecular weight is 287 g/mol. The van der Waals surface area contributed by atoms with E-state index >= 15 is 0 Å². The average Bonchev–Trinajstić information content (AvgIpc) is 2.62. The highest BCUT2D eigenvalue weighted by atomic mass is 16.1. The molecule has 22 heavy (non-hydrogen) atoms. The van der Waals surface area contributed by atoms with Crippen molar-refractivity contribution in [3.63, 3.8) is 0 Å². The molecule has 0 saturated heterocycles. The van der Waals surface area contributed by atoms with Gasteiger partial charge in [0.15, 0.2) is 0 Å². The summed E-state index contributed by atoms with van der Waals surface area (Å²) in [7, 11) is 1.65. The first kappa shape index (κ1) is 14.1. The van der Waals surface area contributed by atoms with Gasteiger partial charge in [-0.1, -0.05) is 66.7 Å². The summed E-state index contributed by atoms with van der Waals surface area (Å²) >= 11 is 0. The highest BCUT2D eigenvalue weighted by Gasteiger charge is 2.12. The van der Waals surface area contributed by atoms with E-state index < -0.39 is 0 Å². The minimum Gasteiger partial charge on any atom is -0.355 e. The van der Waals surface area contributed by atoms with Crippen LogP contribution in [0.1, 0.15) is 10.4 Å². The quantitative estimate of drug-likeness (QED) is 0.761. The van der Waals surface area contributed by atoms with E-state index in [1.54, 1.807) is 7.05 Å². The van der Waals surface area contributed by atoms with Crippen molar-refractivity contribution in [3.05, 3.63) is 84.4 Å². The Bertz CT molecular complexity index is 779. The standard InChI is InChI=1S/C20H17NO/c1-21-20(22)18-13-12-17(15-8-4-2-5-9-15)14-19(18)16-10-6-3-7-11-16/h2-14H,1H3,(H,21,22). The molecule has 0 aliphatic heterocycles. The molecule has 0 heterocycles. The van der Waals surface area contributed by atoms with Crippen LogP contribution in [0.3, 0.4) is 0 Å². The molecule has 0 saturated carbocycles. The summed E-state index contributed by atoms with van der Waals surface area (Å²) in [6.45, 7) is 0. The Hall–Kier alpha value is -2.87. The molecule has 0 fully saturated rings. The number of nitrogens with one attached hydrogen (secondary N) is 1. The molecule has 3 aromatic carbocycles. The lowest BCUT2D eigenvalue weighted by atomic mass is 9.94. The lowest BCUT2D eigenvalue weighted by molar-refractivity contribution is 0.0964. The number of rotatable bonds is 3. The van der Waals surface area contributed by atoms with Crippen molar-refractivity contribution >= 4 is 5.91 Å². The number of carbonyl (C=O) groups is 1. The summed E-state index contributed by atoms with van der Waals surface area (Å²) in [6.07, 6.45) is 0. The van der Waals surface area contributed by atoms with Crippen molar-refractivity contribution in [1.29, 1.82) is 0 Å². The lowest BCUT2D eigenvalue weighted by Crippen LogP contribution is -2.18. The predicted molar refractivity (Wildman–Crippen MR) is 90.7 cm³/mol. The van der Waals surface area contributed by atoms with Crippen LogP contribution in [0, 0.1) is 0 Å². The third-order valence-corrected chi connectivity index (χ3v) is 3.68. The highest BCUT2D eigenvalue weighted by molar-refractivity contribution is 6.01. The third-order valence-electron chi connectivity index (χ3n) is 3.68.